The third-order valence-corrected chi connectivity index (χ3v) is 12.4. The van der Waals surface area contributed by atoms with Crippen molar-refractivity contribution in [3.05, 3.63) is 52.9 Å². The average Bonchev–Trinajstić information content (AvgIpc) is 3.13. The molecule has 5 heterocycles. The molecule has 294 valence electrons. The highest BCUT2D eigenvalue weighted by atomic mass is 19.1. The lowest BCUT2D eigenvalue weighted by atomic mass is 9.73. The summed E-state index contributed by atoms with van der Waals surface area (Å²) in [6.07, 6.45) is -2.30. The molecule has 1 aromatic carbocycles. The van der Waals surface area contributed by atoms with Crippen LogP contribution in [0.3, 0.4) is 0 Å². The summed E-state index contributed by atoms with van der Waals surface area (Å²) in [7, 11) is 0. The van der Waals surface area contributed by atoms with E-state index < -0.39 is 54.1 Å². The number of fused-ring (bicyclic) bond motifs is 2. The molecule has 5 aliphatic rings. The minimum Gasteiger partial charge on any atom is -0.489 e. The van der Waals surface area contributed by atoms with Gasteiger partial charge in [-0.3, -0.25) is 10.1 Å². The molecular formula is C40H54F2N6O6. The van der Waals surface area contributed by atoms with E-state index in [2.05, 4.69) is 38.0 Å². The van der Waals surface area contributed by atoms with Crippen molar-refractivity contribution >= 4 is 28.7 Å². The van der Waals surface area contributed by atoms with Gasteiger partial charge >= 0.3 is 11.7 Å². The van der Waals surface area contributed by atoms with Crippen molar-refractivity contribution in [2.45, 2.75) is 109 Å². The van der Waals surface area contributed by atoms with Crippen molar-refractivity contribution in [2.75, 3.05) is 32.8 Å². The Kier molecular flexibility index (Phi) is 11.2. The van der Waals surface area contributed by atoms with Crippen LogP contribution >= 0.6 is 0 Å². The number of amides is 3. The van der Waals surface area contributed by atoms with E-state index in [0.717, 1.165) is 18.4 Å². The number of halogens is 2. The summed E-state index contributed by atoms with van der Waals surface area (Å²) >= 11 is 0. The molecule has 1 aromatic heterocycles. The molecule has 14 heteroatoms. The second-order valence-corrected chi connectivity index (χ2v) is 16.4. The molecule has 3 N–H and O–H groups in total. The van der Waals surface area contributed by atoms with Crippen LogP contribution in [0.15, 0.2) is 56.7 Å². The zero-order valence-corrected chi connectivity index (χ0v) is 31.6. The number of carbonyl (C=O) groups excluding carboxylic acids is 2. The van der Waals surface area contributed by atoms with Crippen LogP contribution in [0, 0.1) is 23.7 Å². The van der Waals surface area contributed by atoms with Crippen LogP contribution < -0.4 is 21.0 Å². The number of aliphatic imine (C=N–C) groups is 1. The minimum absolute atomic E-state index is 0.0138. The third-order valence-electron chi connectivity index (χ3n) is 12.4. The Morgan fingerprint density at radius 1 is 1.11 bits per heavy atom. The van der Waals surface area contributed by atoms with Gasteiger partial charge in [0.05, 0.1) is 24.2 Å². The zero-order valence-electron chi connectivity index (χ0n) is 31.6. The highest BCUT2D eigenvalue weighted by Gasteiger charge is 2.55. The lowest BCUT2D eigenvalue weighted by Gasteiger charge is -2.56. The largest absolute Gasteiger partial charge is 0.489 e. The summed E-state index contributed by atoms with van der Waals surface area (Å²) in [6, 6.07) is 6.24. The number of carbonyl (C=O) groups is 2. The van der Waals surface area contributed by atoms with E-state index in [1.165, 1.54) is 6.07 Å². The summed E-state index contributed by atoms with van der Waals surface area (Å²) in [5, 5.41) is 18.7. The van der Waals surface area contributed by atoms with Crippen molar-refractivity contribution < 1.29 is 32.6 Å². The van der Waals surface area contributed by atoms with Gasteiger partial charge in [-0.2, -0.15) is 4.99 Å². The molecule has 4 fully saturated rings. The normalized spacial score (nSPS) is 34.8. The number of nitrogens with zero attached hydrogens (tertiary/aromatic N) is 4. The number of urea groups is 1. The number of ether oxygens (including phenoxy) is 1. The topological polar surface area (TPSA) is 140 Å². The van der Waals surface area contributed by atoms with Gasteiger partial charge in [0.25, 0.3) is 5.91 Å². The second kappa shape index (κ2) is 15.7. The SMILES string of the molecule is C=C(COc1ccc2ccc(=O)oc2c1)C(=O)N1CCN(C2=NC(=O)N(C3C(C)CCNC3C(C)C)C3NC(C4C(O)CCCC4F)C(F)CC23)[C@@H](C)C1. The molecule has 2 aromatic rings. The molecule has 0 radical (unpaired) electrons. The second-order valence-electron chi connectivity index (χ2n) is 16.4. The van der Waals surface area contributed by atoms with Crippen molar-refractivity contribution in [2.24, 2.45) is 28.7 Å². The fourth-order valence-electron chi connectivity index (χ4n) is 9.64. The first-order valence-electron chi connectivity index (χ1n) is 19.6. The van der Waals surface area contributed by atoms with E-state index in [9.17, 15) is 19.5 Å². The van der Waals surface area contributed by atoms with Crippen LogP contribution in [0.2, 0.25) is 0 Å². The van der Waals surface area contributed by atoms with Crippen LogP contribution in [-0.4, -0.2) is 119 Å². The van der Waals surface area contributed by atoms with E-state index in [1.807, 2.05) is 11.8 Å². The summed E-state index contributed by atoms with van der Waals surface area (Å²) in [5.74, 6) is -0.434. The monoisotopic (exact) mass is 752 g/mol. The number of piperazine rings is 1. The Labute approximate surface area is 315 Å². The van der Waals surface area contributed by atoms with E-state index in [1.54, 1.807) is 34.1 Å². The van der Waals surface area contributed by atoms with E-state index in [-0.39, 0.29) is 60.9 Å². The van der Waals surface area contributed by atoms with Gasteiger partial charge in [0.1, 0.15) is 36.1 Å². The number of rotatable bonds is 7. The van der Waals surface area contributed by atoms with Crippen LogP contribution in [0.5, 0.6) is 5.75 Å². The Hall–Kier alpha value is -3.88. The van der Waals surface area contributed by atoms with Gasteiger partial charge in [0.15, 0.2) is 0 Å². The molecule has 11 atom stereocenters. The first-order chi connectivity index (χ1) is 25.8. The average molecular weight is 753 g/mol. The van der Waals surface area contributed by atoms with Gasteiger partial charge in [0.2, 0.25) is 0 Å². The quantitative estimate of drug-likeness (QED) is 0.280. The smallest absolute Gasteiger partial charge is 0.346 e. The van der Waals surface area contributed by atoms with E-state index in [0.29, 0.717) is 49.6 Å². The Balaban J connectivity index is 1.09. The Morgan fingerprint density at radius 2 is 1.89 bits per heavy atom. The number of aliphatic hydroxyl groups excluding tert-OH is 1. The van der Waals surface area contributed by atoms with Gasteiger partial charge in [-0.05, 0) is 75.6 Å². The van der Waals surface area contributed by atoms with Crippen LogP contribution in [0.4, 0.5) is 13.6 Å². The van der Waals surface area contributed by atoms with E-state index >= 15 is 8.78 Å². The molecule has 0 spiro atoms. The van der Waals surface area contributed by atoms with E-state index in [4.69, 9.17) is 14.1 Å². The summed E-state index contributed by atoms with van der Waals surface area (Å²) in [5.41, 5.74) is 0.157. The number of benzene rings is 1. The van der Waals surface area contributed by atoms with Crippen LogP contribution in [0.1, 0.15) is 59.8 Å². The van der Waals surface area contributed by atoms with Crippen molar-refractivity contribution in [1.82, 2.24) is 25.3 Å². The number of piperidine rings is 2. The van der Waals surface area contributed by atoms with Gasteiger partial charge in [-0.15, -0.1) is 0 Å². The summed E-state index contributed by atoms with van der Waals surface area (Å²) in [4.78, 5) is 49.8. The molecule has 12 nitrogen and oxygen atoms in total. The Morgan fingerprint density at radius 3 is 2.63 bits per heavy atom. The lowest BCUT2D eigenvalue weighted by Crippen LogP contribution is -2.74. The van der Waals surface area contributed by atoms with Crippen LogP contribution in [-0.2, 0) is 4.79 Å². The molecule has 4 aliphatic heterocycles. The van der Waals surface area contributed by atoms with Gasteiger partial charge in [-0.1, -0.05) is 27.4 Å². The van der Waals surface area contributed by atoms with Crippen molar-refractivity contribution in [3.63, 3.8) is 0 Å². The Bertz CT molecular complexity index is 1810. The number of aliphatic hydroxyl groups is 1. The predicted octanol–water partition coefficient (Wildman–Crippen LogP) is 4.26. The molecule has 3 saturated heterocycles. The van der Waals surface area contributed by atoms with Gasteiger partial charge in [0, 0.05) is 66.8 Å². The number of hydrogen-bond acceptors (Lipinski definition) is 9. The minimum atomic E-state index is -1.47. The first kappa shape index (κ1) is 38.4. The maximum Gasteiger partial charge on any atom is 0.346 e. The lowest BCUT2D eigenvalue weighted by molar-refractivity contribution is -0.129. The van der Waals surface area contributed by atoms with Crippen LogP contribution in [0.25, 0.3) is 11.0 Å². The highest BCUT2D eigenvalue weighted by molar-refractivity contribution is 5.99. The molecule has 10 unspecified atom stereocenters. The maximum atomic E-state index is 16.5. The standard InChI is InChI=1S/C40H54F2N6O6/c1-21(2)34-36(22(3)13-14-43-34)48-38-27(18-29(42)35(44-38)33-28(41)7-6-8-30(33)49)37(45-40(48)52)47-16-15-46(19-24(47)5)39(51)23(4)20-53-26-11-9-25-10-12-32(50)54-31(25)17-26/h9-12,17,21-22,24,27-30,33-36,38,43-44,49H,4,6-8,13-16,18-20H2,1-3,5H3/t22?,24-,27?,28?,29?,30?,33?,34?,35?,36?,38?/m0/s1. The third kappa shape index (κ3) is 7.40. The summed E-state index contributed by atoms with van der Waals surface area (Å²) in [6.45, 7) is 14.1. The molecule has 7 rings (SSSR count). The van der Waals surface area contributed by atoms with Crippen molar-refractivity contribution in [3.8, 4) is 5.75 Å². The molecular weight excluding hydrogens is 698 g/mol. The molecule has 0 bridgehead atoms. The zero-order chi connectivity index (χ0) is 38.4. The fourth-order valence-corrected chi connectivity index (χ4v) is 9.64. The molecule has 54 heavy (non-hydrogen) atoms. The molecule has 3 amide bonds. The highest BCUT2D eigenvalue weighted by Crippen LogP contribution is 2.41. The number of amidine groups is 1. The molecule has 1 saturated carbocycles. The summed E-state index contributed by atoms with van der Waals surface area (Å²) < 4.78 is 43.0. The van der Waals surface area contributed by atoms with Gasteiger partial charge in [-0.25, -0.2) is 18.4 Å². The number of alkyl halides is 2. The number of nitrogens with one attached hydrogen (secondary N) is 2. The molecule has 1 aliphatic carbocycles. The predicted molar refractivity (Wildman–Crippen MR) is 201 cm³/mol. The van der Waals surface area contributed by atoms with Crippen molar-refractivity contribution in [1.29, 1.82) is 0 Å². The number of hydrogen-bond donors (Lipinski definition) is 3. The fraction of sp³-hybridized carbons (Fsp3) is 0.650. The van der Waals surface area contributed by atoms with Gasteiger partial charge < -0.3 is 34.3 Å². The first-order valence-corrected chi connectivity index (χ1v) is 19.6. The maximum absolute atomic E-state index is 16.5.